The molecule has 2 heterocycles. The maximum absolute atomic E-state index is 13.4. The summed E-state index contributed by atoms with van der Waals surface area (Å²) in [5.74, 6) is -1.42. The van der Waals surface area contributed by atoms with Crippen LogP contribution < -0.4 is 10.3 Å². The van der Waals surface area contributed by atoms with E-state index in [2.05, 4.69) is 4.98 Å². The average Bonchev–Trinajstić information content (AvgIpc) is 3.36. The molecule has 1 fully saturated rings. The van der Waals surface area contributed by atoms with Crippen LogP contribution in [-0.2, 0) is 28.9 Å². The van der Waals surface area contributed by atoms with Crippen molar-refractivity contribution in [2.45, 2.75) is 38.7 Å². The minimum absolute atomic E-state index is 0.0696. The van der Waals surface area contributed by atoms with Gasteiger partial charge in [0.25, 0.3) is 5.91 Å². The molecule has 0 saturated carbocycles. The Balaban J connectivity index is 1.68. The minimum atomic E-state index is -4.28. The zero-order valence-electron chi connectivity index (χ0n) is 20.5. The van der Waals surface area contributed by atoms with Gasteiger partial charge in [0.05, 0.1) is 19.8 Å². The number of ether oxygens (including phenoxy) is 1. The first-order chi connectivity index (χ1) is 17.3. The van der Waals surface area contributed by atoms with Gasteiger partial charge in [-0.2, -0.15) is 0 Å². The first kappa shape index (κ1) is 29.1. The first-order valence-corrected chi connectivity index (χ1v) is 13.6. The van der Waals surface area contributed by atoms with Crippen molar-refractivity contribution in [2.24, 2.45) is 11.1 Å². The molecule has 15 heteroatoms. The Morgan fingerprint density at radius 2 is 1.97 bits per heavy atom. The van der Waals surface area contributed by atoms with Crippen LogP contribution in [0.15, 0.2) is 36.7 Å². The smallest absolute Gasteiger partial charge is 0.493 e. The highest BCUT2D eigenvalue weighted by atomic mass is 32.2. The Morgan fingerprint density at radius 3 is 2.57 bits per heavy atom. The fourth-order valence-electron chi connectivity index (χ4n) is 3.22. The zero-order chi connectivity index (χ0) is 27.4. The van der Waals surface area contributed by atoms with Gasteiger partial charge in [0.2, 0.25) is 5.88 Å². The van der Waals surface area contributed by atoms with E-state index in [1.165, 1.54) is 12.1 Å². The third kappa shape index (κ3) is 6.90. The van der Waals surface area contributed by atoms with Crippen LogP contribution in [-0.4, -0.2) is 73.7 Å². The number of nitrogens with two attached hydrogens (primary N) is 1. The fraction of sp³-hybridized carbons (Fsp3) is 0.500. The largest absolute Gasteiger partial charge is 0.530 e. The fourth-order valence-corrected chi connectivity index (χ4v) is 5.33. The highest BCUT2D eigenvalue weighted by molar-refractivity contribution is 8.13. The Hall–Kier alpha value is -2.45. The predicted molar refractivity (Wildman–Crippen MR) is 132 cm³/mol. The van der Waals surface area contributed by atoms with Crippen molar-refractivity contribution in [2.75, 3.05) is 25.6 Å². The van der Waals surface area contributed by atoms with Gasteiger partial charge in [0, 0.05) is 11.2 Å². The average molecular weight is 560 g/mol. The Bertz CT molecular complexity index is 1160. The van der Waals surface area contributed by atoms with Gasteiger partial charge in [-0.15, -0.1) is 0 Å². The van der Waals surface area contributed by atoms with E-state index in [1.807, 2.05) is 0 Å². The maximum Gasteiger partial charge on any atom is 0.530 e. The lowest BCUT2D eigenvalue weighted by Gasteiger charge is -2.28. The van der Waals surface area contributed by atoms with E-state index < -0.39 is 61.9 Å². The summed E-state index contributed by atoms with van der Waals surface area (Å²) in [6, 6.07) is 8.11. The van der Waals surface area contributed by atoms with Gasteiger partial charge in [0.1, 0.15) is 24.3 Å². The molecule has 1 unspecified atom stereocenters. The molecule has 0 radical (unpaired) electrons. The lowest BCUT2D eigenvalue weighted by atomic mass is 10.00. The summed E-state index contributed by atoms with van der Waals surface area (Å²) in [5, 5.41) is 31.8. The zero-order valence-corrected chi connectivity index (χ0v) is 22.2. The number of hydrogen-bond donors (Lipinski definition) is 4. The topological polar surface area (TPSA) is 193 Å². The molecule has 2 aromatic rings. The highest BCUT2D eigenvalue weighted by Crippen LogP contribution is 2.50. The molecule has 1 aliphatic heterocycles. The van der Waals surface area contributed by atoms with Crippen LogP contribution in [0.3, 0.4) is 0 Å². The number of amides is 1. The third-order valence-corrected chi connectivity index (χ3v) is 7.91. The van der Waals surface area contributed by atoms with Gasteiger partial charge >= 0.3 is 7.82 Å². The van der Waals surface area contributed by atoms with Crippen molar-refractivity contribution in [1.29, 1.82) is 0 Å². The normalized spacial score (nSPS) is 23.5. The van der Waals surface area contributed by atoms with Crippen molar-refractivity contribution in [3.63, 3.8) is 0 Å². The Morgan fingerprint density at radius 1 is 1.30 bits per heavy atom. The molecular formula is C22H30N3O10PS. The molecule has 1 aromatic carbocycles. The number of aromatic hydroxyl groups is 1. The van der Waals surface area contributed by atoms with Crippen LogP contribution >= 0.6 is 19.6 Å². The second kappa shape index (κ2) is 11.5. The number of aromatic nitrogens is 2. The molecule has 13 nitrogen and oxygen atoms in total. The Kier molecular flexibility index (Phi) is 9.06. The molecular weight excluding hydrogens is 529 g/mol. The van der Waals surface area contributed by atoms with Gasteiger partial charge in [-0.05, 0) is 12.1 Å². The number of aliphatic hydroxyl groups excluding tert-OH is 1. The number of benzene rings is 1. The van der Waals surface area contributed by atoms with Gasteiger partial charge in [-0.25, -0.2) is 9.55 Å². The number of para-hydroxylation sites is 1. The molecule has 37 heavy (non-hydrogen) atoms. The van der Waals surface area contributed by atoms with Gasteiger partial charge in [-0.1, -0.05) is 50.7 Å². The monoisotopic (exact) mass is 559 g/mol. The minimum Gasteiger partial charge on any atom is -0.493 e. The molecule has 3 rings (SSSR count). The van der Waals surface area contributed by atoms with E-state index in [9.17, 15) is 29.5 Å². The van der Waals surface area contributed by atoms with E-state index in [4.69, 9.17) is 24.0 Å². The number of carbonyl (C=O) groups is 2. The number of imidazole rings is 1. The number of carbonyl (C=O) groups excluding carboxylic acids is 2. The molecule has 0 bridgehead atoms. The van der Waals surface area contributed by atoms with E-state index in [0.29, 0.717) is 0 Å². The molecule has 4 atom stereocenters. The molecule has 1 saturated heterocycles. The number of rotatable bonds is 11. The lowest BCUT2D eigenvalue weighted by Crippen LogP contribution is -2.46. The molecule has 0 aliphatic carbocycles. The van der Waals surface area contributed by atoms with E-state index in [0.717, 1.165) is 22.7 Å². The summed E-state index contributed by atoms with van der Waals surface area (Å²) in [4.78, 5) is 27.1. The SMILES string of the molecule is CC(C)(C)C(=O)SCCOP(=O)(OC[C@H]1OC[C@](O)(n2cnc(C(N)=O)c2O)[C@@H]1O)Oc1ccccc1. The second-order valence-electron chi connectivity index (χ2n) is 9.19. The van der Waals surface area contributed by atoms with Crippen LogP contribution in [0.2, 0.25) is 0 Å². The number of nitrogens with zero attached hydrogens (tertiary/aromatic N) is 2. The summed E-state index contributed by atoms with van der Waals surface area (Å²) in [6.07, 6.45) is -2.02. The standard InChI is InChI=1S/C22H30N3O10PS/c1-21(2,3)20(29)37-10-9-33-36(31,35-14-7-5-4-6-8-14)34-11-15-17(26)22(30,12-32-15)25-13-24-16(18(23)27)19(25)28/h4-8,13,15,17,26,28,30H,9-12H2,1-3H3,(H2,23,27)/t15-,17-,22-,36?/m1/s1. The number of thioether (sulfide) groups is 1. The summed E-state index contributed by atoms with van der Waals surface area (Å²) in [6.45, 7) is 4.12. The first-order valence-electron chi connectivity index (χ1n) is 11.2. The predicted octanol–water partition coefficient (Wildman–Crippen LogP) is 1.62. The number of primary amides is 1. The number of phosphoric acid groups is 1. The van der Waals surface area contributed by atoms with Gasteiger partial charge < -0.3 is 30.3 Å². The number of phosphoric ester groups is 1. The third-order valence-electron chi connectivity index (χ3n) is 5.26. The van der Waals surface area contributed by atoms with Crippen molar-refractivity contribution < 1.29 is 47.8 Å². The lowest BCUT2D eigenvalue weighted by molar-refractivity contribution is -0.117. The van der Waals surface area contributed by atoms with Crippen molar-refractivity contribution in [1.82, 2.24) is 9.55 Å². The highest BCUT2D eigenvalue weighted by Gasteiger charge is 2.52. The van der Waals surface area contributed by atoms with Crippen LogP contribution in [0.5, 0.6) is 11.6 Å². The molecule has 0 spiro atoms. The van der Waals surface area contributed by atoms with E-state index in [1.54, 1.807) is 39.0 Å². The summed E-state index contributed by atoms with van der Waals surface area (Å²) in [7, 11) is -4.28. The van der Waals surface area contributed by atoms with E-state index in [-0.39, 0.29) is 23.2 Å². The van der Waals surface area contributed by atoms with Crippen LogP contribution in [0.25, 0.3) is 0 Å². The molecule has 5 N–H and O–H groups in total. The van der Waals surface area contributed by atoms with Crippen LogP contribution in [0.4, 0.5) is 0 Å². The summed E-state index contributed by atoms with van der Waals surface area (Å²) < 4.78 is 35.9. The van der Waals surface area contributed by atoms with Crippen LogP contribution in [0, 0.1) is 5.41 Å². The molecule has 204 valence electrons. The van der Waals surface area contributed by atoms with Gasteiger partial charge in [0.15, 0.2) is 16.5 Å². The number of aliphatic hydroxyl groups is 2. The van der Waals surface area contributed by atoms with Crippen molar-refractivity contribution in [3.05, 3.63) is 42.4 Å². The maximum atomic E-state index is 13.4. The van der Waals surface area contributed by atoms with Crippen molar-refractivity contribution >= 4 is 30.6 Å². The van der Waals surface area contributed by atoms with Crippen molar-refractivity contribution in [3.8, 4) is 11.6 Å². The van der Waals surface area contributed by atoms with E-state index >= 15 is 0 Å². The number of hydrogen-bond acceptors (Lipinski definition) is 12. The molecule has 1 amide bonds. The molecule has 1 aliphatic rings. The molecule has 1 aromatic heterocycles. The Labute approximate surface area is 217 Å². The second-order valence-corrected chi connectivity index (χ2v) is 11.9. The summed E-state index contributed by atoms with van der Waals surface area (Å²) in [5.41, 5.74) is 1.84. The quantitative estimate of drug-likeness (QED) is 0.230. The summed E-state index contributed by atoms with van der Waals surface area (Å²) >= 11 is 1.02. The van der Waals surface area contributed by atoms with Gasteiger partial charge in [-0.3, -0.25) is 23.2 Å². The van der Waals surface area contributed by atoms with Crippen LogP contribution in [0.1, 0.15) is 31.3 Å².